The molecular formula is C19H13N5O5. The molecule has 0 aliphatic heterocycles. The van der Waals surface area contributed by atoms with E-state index in [4.69, 9.17) is 8.83 Å². The Morgan fingerprint density at radius 2 is 1.93 bits per heavy atom. The Morgan fingerprint density at radius 3 is 2.69 bits per heavy atom. The number of nitrogens with zero attached hydrogens (tertiary/aromatic N) is 4. The third-order valence-corrected chi connectivity index (χ3v) is 3.90. The molecule has 10 heteroatoms. The van der Waals surface area contributed by atoms with Gasteiger partial charge in [0.2, 0.25) is 11.6 Å². The lowest BCUT2D eigenvalue weighted by Crippen LogP contribution is -2.14. The number of aromatic nitrogens is 3. The standard InChI is InChI=1S/C19H13N5O5/c1-11-8-14(21-16(9-11)24(26)27)17(25)20-13-5-2-4-12(10-13)18-22-23-19(29-18)15-6-3-7-28-15/h2-10H,1H3,(H,20,25). The van der Waals surface area contributed by atoms with E-state index < -0.39 is 10.8 Å². The molecule has 1 aromatic carbocycles. The van der Waals surface area contributed by atoms with E-state index in [1.165, 1.54) is 18.4 Å². The minimum atomic E-state index is -0.642. The van der Waals surface area contributed by atoms with Crippen LogP contribution in [0.1, 0.15) is 16.1 Å². The summed E-state index contributed by atoms with van der Waals surface area (Å²) in [6, 6.07) is 12.9. The number of aryl methyl sites for hydroxylation is 1. The van der Waals surface area contributed by atoms with Crippen molar-refractivity contribution < 1.29 is 18.6 Å². The molecule has 0 unspecified atom stereocenters. The van der Waals surface area contributed by atoms with Crippen molar-refractivity contribution in [3.63, 3.8) is 0 Å². The number of benzene rings is 1. The van der Waals surface area contributed by atoms with Crippen LogP contribution in [0, 0.1) is 17.0 Å². The highest BCUT2D eigenvalue weighted by molar-refractivity contribution is 6.03. The number of nitro groups is 1. The fraction of sp³-hybridized carbons (Fsp3) is 0.0526. The molecule has 4 rings (SSSR count). The van der Waals surface area contributed by atoms with Crippen molar-refractivity contribution in [2.75, 3.05) is 5.32 Å². The SMILES string of the molecule is Cc1cc(C(=O)Nc2cccc(-c3nnc(-c4ccco4)o3)c2)nc([N+](=O)[O-])c1. The molecular weight excluding hydrogens is 378 g/mol. The molecule has 0 saturated carbocycles. The zero-order valence-electron chi connectivity index (χ0n) is 15.0. The lowest BCUT2D eigenvalue weighted by molar-refractivity contribution is -0.389. The van der Waals surface area contributed by atoms with Gasteiger partial charge < -0.3 is 24.3 Å². The van der Waals surface area contributed by atoms with Crippen molar-refractivity contribution in [2.24, 2.45) is 0 Å². The van der Waals surface area contributed by atoms with E-state index in [0.717, 1.165) is 0 Å². The van der Waals surface area contributed by atoms with Crippen molar-refractivity contribution in [3.8, 4) is 23.1 Å². The molecule has 0 bridgehead atoms. The topological polar surface area (TPSA) is 137 Å². The summed E-state index contributed by atoms with van der Waals surface area (Å²) in [5.74, 6) is -0.0381. The summed E-state index contributed by atoms with van der Waals surface area (Å²) in [4.78, 5) is 26.6. The predicted molar refractivity (Wildman–Crippen MR) is 101 cm³/mol. The monoisotopic (exact) mass is 391 g/mol. The van der Waals surface area contributed by atoms with Crippen LogP contribution in [-0.4, -0.2) is 26.0 Å². The lowest BCUT2D eigenvalue weighted by atomic mass is 10.2. The number of carbonyl (C=O) groups excluding carboxylic acids is 1. The summed E-state index contributed by atoms with van der Waals surface area (Å²) in [5.41, 5.74) is 1.52. The van der Waals surface area contributed by atoms with Gasteiger partial charge in [-0.05, 0) is 58.8 Å². The molecule has 10 nitrogen and oxygen atoms in total. The molecule has 3 heterocycles. The van der Waals surface area contributed by atoms with Gasteiger partial charge in [0.05, 0.1) is 6.26 Å². The van der Waals surface area contributed by atoms with Crippen LogP contribution >= 0.6 is 0 Å². The maximum absolute atomic E-state index is 12.5. The molecule has 0 aliphatic rings. The first-order chi connectivity index (χ1) is 14.0. The largest absolute Gasteiger partial charge is 0.459 e. The Hall–Kier alpha value is -4.34. The van der Waals surface area contributed by atoms with Crippen LogP contribution in [0.15, 0.2) is 63.6 Å². The molecule has 1 amide bonds. The first-order valence-corrected chi connectivity index (χ1v) is 8.42. The van der Waals surface area contributed by atoms with Crippen LogP contribution in [0.4, 0.5) is 11.5 Å². The zero-order valence-corrected chi connectivity index (χ0v) is 15.0. The normalized spacial score (nSPS) is 10.7. The second-order valence-corrected chi connectivity index (χ2v) is 6.07. The number of rotatable bonds is 5. The highest BCUT2D eigenvalue weighted by atomic mass is 16.6. The average Bonchev–Trinajstić information content (AvgIpc) is 3.39. The van der Waals surface area contributed by atoms with Crippen LogP contribution in [0.3, 0.4) is 0 Å². The number of pyridine rings is 1. The minimum Gasteiger partial charge on any atom is -0.459 e. The Labute approximate surface area is 163 Å². The summed E-state index contributed by atoms with van der Waals surface area (Å²) in [6.07, 6.45) is 1.50. The number of hydrogen-bond donors (Lipinski definition) is 1. The number of carbonyl (C=O) groups is 1. The highest BCUT2D eigenvalue weighted by Crippen LogP contribution is 2.26. The summed E-state index contributed by atoms with van der Waals surface area (Å²) in [5, 5.41) is 21.5. The first kappa shape index (κ1) is 18.0. The van der Waals surface area contributed by atoms with E-state index in [2.05, 4.69) is 20.5 Å². The van der Waals surface area contributed by atoms with E-state index >= 15 is 0 Å². The number of anilines is 1. The van der Waals surface area contributed by atoms with Crippen molar-refractivity contribution in [2.45, 2.75) is 6.92 Å². The quantitative estimate of drug-likeness (QED) is 0.400. The number of hydrogen-bond acceptors (Lipinski definition) is 8. The Morgan fingerprint density at radius 1 is 1.10 bits per heavy atom. The molecule has 3 aromatic heterocycles. The van der Waals surface area contributed by atoms with Crippen LogP contribution in [0.25, 0.3) is 23.1 Å². The van der Waals surface area contributed by atoms with Crippen molar-refractivity contribution in [1.82, 2.24) is 15.2 Å². The minimum absolute atomic E-state index is 0.0556. The molecule has 1 N–H and O–H groups in total. The molecule has 0 spiro atoms. The van der Waals surface area contributed by atoms with Crippen LogP contribution < -0.4 is 5.32 Å². The molecule has 4 aromatic rings. The van der Waals surface area contributed by atoms with Crippen LogP contribution in [0.2, 0.25) is 0 Å². The van der Waals surface area contributed by atoms with E-state index in [9.17, 15) is 14.9 Å². The van der Waals surface area contributed by atoms with Gasteiger partial charge in [-0.1, -0.05) is 6.07 Å². The van der Waals surface area contributed by atoms with Gasteiger partial charge in [-0.25, -0.2) is 0 Å². The van der Waals surface area contributed by atoms with E-state index in [0.29, 0.717) is 22.6 Å². The molecule has 0 aliphatic carbocycles. The lowest BCUT2D eigenvalue weighted by Gasteiger charge is -2.05. The Kier molecular flexibility index (Phi) is 4.57. The van der Waals surface area contributed by atoms with Gasteiger partial charge in [0, 0.05) is 17.3 Å². The van der Waals surface area contributed by atoms with Crippen molar-refractivity contribution >= 4 is 17.4 Å². The summed E-state index contributed by atoms with van der Waals surface area (Å²) < 4.78 is 10.8. The molecule has 0 radical (unpaired) electrons. The number of nitrogens with one attached hydrogen (secondary N) is 1. The fourth-order valence-corrected chi connectivity index (χ4v) is 2.62. The molecule has 0 saturated heterocycles. The molecule has 29 heavy (non-hydrogen) atoms. The van der Waals surface area contributed by atoms with Gasteiger partial charge in [-0.3, -0.25) is 4.79 Å². The van der Waals surface area contributed by atoms with Crippen LogP contribution in [0.5, 0.6) is 0 Å². The Bertz CT molecular complexity index is 1200. The van der Waals surface area contributed by atoms with Crippen molar-refractivity contribution in [1.29, 1.82) is 0 Å². The van der Waals surface area contributed by atoms with Gasteiger partial charge in [0.15, 0.2) is 5.76 Å². The maximum atomic E-state index is 12.5. The molecule has 0 atom stereocenters. The third-order valence-electron chi connectivity index (χ3n) is 3.90. The van der Waals surface area contributed by atoms with Gasteiger partial charge in [0.1, 0.15) is 0 Å². The van der Waals surface area contributed by atoms with E-state index in [1.807, 2.05) is 0 Å². The van der Waals surface area contributed by atoms with E-state index in [1.54, 1.807) is 43.3 Å². The average molecular weight is 391 g/mol. The second-order valence-electron chi connectivity index (χ2n) is 6.07. The Balaban J connectivity index is 1.57. The fourth-order valence-electron chi connectivity index (χ4n) is 2.62. The summed E-state index contributed by atoms with van der Waals surface area (Å²) in [6.45, 7) is 1.65. The molecule has 0 fully saturated rings. The van der Waals surface area contributed by atoms with E-state index in [-0.39, 0.29) is 23.3 Å². The van der Waals surface area contributed by atoms with Gasteiger partial charge in [-0.15, -0.1) is 10.2 Å². The van der Waals surface area contributed by atoms with Crippen LogP contribution in [-0.2, 0) is 0 Å². The molecule has 144 valence electrons. The van der Waals surface area contributed by atoms with Crippen molar-refractivity contribution in [3.05, 3.63) is 76.2 Å². The third kappa shape index (κ3) is 3.86. The summed E-state index contributed by atoms with van der Waals surface area (Å²) in [7, 11) is 0. The van der Waals surface area contributed by atoms with Gasteiger partial charge >= 0.3 is 5.82 Å². The zero-order chi connectivity index (χ0) is 20.4. The van der Waals surface area contributed by atoms with Gasteiger partial charge in [0.25, 0.3) is 11.8 Å². The number of furan rings is 1. The highest BCUT2D eigenvalue weighted by Gasteiger charge is 2.19. The summed E-state index contributed by atoms with van der Waals surface area (Å²) >= 11 is 0. The van der Waals surface area contributed by atoms with Gasteiger partial charge in [-0.2, -0.15) is 0 Å². The first-order valence-electron chi connectivity index (χ1n) is 8.42. The second kappa shape index (κ2) is 7.35. The maximum Gasteiger partial charge on any atom is 0.364 e. The predicted octanol–water partition coefficient (Wildman–Crippen LogP) is 3.86. The smallest absolute Gasteiger partial charge is 0.364 e. The number of amides is 1.